The van der Waals surface area contributed by atoms with Crippen LogP contribution in [0.5, 0.6) is 0 Å². The van der Waals surface area contributed by atoms with Gasteiger partial charge >= 0.3 is 0 Å². The highest BCUT2D eigenvalue weighted by Crippen LogP contribution is 2.25. The van der Waals surface area contributed by atoms with Crippen LogP contribution in [0.1, 0.15) is 18.4 Å². The summed E-state index contributed by atoms with van der Waals surface area (Å²) in [6.45, 7) is 3.96. The number of carbonyl (C=O) groups is 1. The average Bonchev–Trinajstić information content (AvgIpc) is 2.25. The van der Waals surface area contributed by atoms with Gasteiger partial charge in [-0.15, -0.1) is 0 Å². The maximum absolute atomic E-state index is 10.7. The second-order valence-corrected chi connectivity index (χ2v) is 3.37. The van der Waals surface area contributed by atoms with Gasteiger partial charge in [0.25, 0.3) is 0 Å². The zero-order valence-corrected chi connectivity index (χ0v) is 8.92. The van der Waals surface area contributed by atoms with Gasteiger partial charge < -0.3 is 11.1 Å². The second-order valence-electron chi connectivity index (χ2n) is 3.37. The van der Waals surface area contributed by atoms with Crippen LogP contribution >= 0.6 is 0 Å². The minimum absolute atomic E-state index is 0.293. The second kappa shape index (κ2) is 5.20. The number of primary amides is 1. The Morgan fingerprint density at radius 1 is 1.40 bits per heavy atom. The van der Waals surface area contributed by atoms with Gasteiger partial charge in [0, 0.05) is 24.7 Å². The van der Waals surface area contributed by atoms with Gasteiger partial charge in [0.2, 0.25) is 5.91 Å². The highest BCUT2D eigenvalue weighted by Gasteiger charge is 2.05. The fourth-order valence-corrected chi connectivity index (χ4v) is 1.42. The first-order valence-electron chi connectivity index (χ1n) is 4.88. The number of allylic oxidation sites excluding steroid dienone is 1. The van der Waals surface area contributed by atoms with Crippen molar-refractivity contribution in [3.63, 3.8) is 0 Å². The Labute approximate surface area is 90.0 Å². The van der Waals surface area contributed by atoms with E-state index < -0.39 is 0 Å². The predicted molar refractivity (Wildman–Crippen MR) is 63.5 cm³/mol. The van der Waals surface area contributed by atoms with Gasteiger partial charge in [-0.3, -0.25) is 4.79 Å². The van der Waals surface area contributed by atoms with Crippen LogP contribution in [0.4, 0.5) is 5.69 Å². The molecule has 1 amide bonds. The molecule has 0 spiro atoms. The molecule has 0 fully saturated rings. The summed E-state index contributed by atoms with van der Waals surface area (Å²) in [5.74, 6) is -0.293. The van der Waals surface area contributed by atoms with E-state index in [1.54, 1.807) is 0 Å². The number of hydrogen-bond donors (Lipinski definition) is 2. The van der Waals surface area contributed by atoms with Crippen LogP contribution in [0.25, 0.3) is 5.57 Å². The van der Waals surface area contributed by atoms with Crippen LogP contribution in [0, 0.1) is 0 Å². The lowest BCUT2D eigenvalue weighted by molar-refractivity contribution is -0.117. The average molecular weight is 204 g/mol. The number of benzene rings is 1. The van der Waals surface area contributed by atoms with Crippen molar-refractivity contribution < 1.29 is 4.79 Å². The Hall–Kier alpha value is -1.77. The van der Waals surface area contributed by atoms with Crippen molar-refractivity contribution in [1.29, 1.82) is 0 Å². The molecule has 0 heterocycles. The van der Waals surface area contributed by atoms with Gasteiger partial charge in [0.05, 0.1) is 0 Å². The summed E-state index contributed by atoms with van der Waals surface area (Å²) in [5, 5.41) is 3.09. The number of nitrogens with one attached hydrogen (secondary N) is 1. The molecule has 0 aromatic heterocycles. The van der Waals surface area contributed by atoms with Crippen LogP contribution < -0.4 is 11.1 Å². The highest BCUT2D eigenvalue weighted by atomic mass is 16.1. The molecule has 0 atom stereocenters. The molecule has 80 valence electrons. The minimum atomic E-state index is -0.293. The topological polar surface area (TPSA) is 55.1 Å². The zero-order chi connectivity index (χ0) is 11.3. The number of rotatable bonds is 5. The third-order valence-corrected chi connectivity index (χ3v) is 2.25. The number of anilines is 1. The monoisotopic (exact) mass is 204 g/mol. The Bertz CT molecular complexity index is 372. The molecule has 1 aromatic rings. The lowest BCUT2D eigenvalue weighted by Crippen LogP contribution is -2.10. The first kappa shape index (κ1) is 11.3. The van der Waals surface area contributed by atoms with Gasteiger partial charge in [-0.25, -0.2) is 0 Å². The van der Waals surface area contributed by atoms with E-state index in [2.05, 4.69) is 11.9 Å². The SMILES string of the molecule is C=C(CCC(N)=O)c1ccccc1NC. The lowest BCUT2D eigenvalue weighted by atomic mass is 10.0. The molecular formula is C12H16N2O. The smallest absolute Gasteiger partial charge is 0.217 e. The van der Waals surface area contributed by atoms with Crippen molar-refractivity contribution in [3.8, 4) is 0 Å². The molecule has 0 saturated heterocycles. The van der Waals surface area contributed by atoms with Gasteiger partial charge in [0.15, 0.2) is 0 Å². The predicted octanol–water partition coefficient (Wildman–Crippen LogP) is 2.01. The zero-order valence-electron chi connectivity index (χ0n) is 8.92. The van der Waals surface area contributed by atoms with E-state index >= 15 is 0 Å². The van der Waals surface area contributed by atoms with Gasteiger partial charge in [-0.1, -0.05) is 24.8 Å². The molecule has 0 unspecified atom stereocenters. The summed E-state index contributed by atoms with van der Waals surface area (Å²) in [6.07, 6.45) is 0.949. The molecule has 0 saturated carbocycles. The van der Waals surface area contributed by atoms with E-state index in [1.807, 2.05) is 31.3 Å². The summed E-state index contributed by atoms with van der Waals surface area (Å²) < 4.78 is 0. The van der Waals surface area contributed by atoms with Gasteiger partial charge in [0.1, 0.15) is 0 Å². The van der Waals surface area contributed by atoms with E-state index in [9.17, 15) is 4.79 Å². The molecule has 1 aromatic carbocycles. The van der Waals surface area contributed by atoms with Gasteiger partial charge in [-0.05, 0) is 18.1 Å². The largest absolute Gasteiger partial charge is 0.388 e. The summed E-state index contributed by atoms with van der Waals surface area (Å²) in [7, 11) is 1.86. The standard InChI is InChI=1S/C12H16N2O/c1-9(7-8-12(13)15)10-5-3-4-6-11(10)14-2/h3-6,14H,1,7-8H2,2H3,(H2,13,15). The molecule has 0 aliphatic rings. The van der Waals surface area contributed by atoms with Crippen molar-refractivity contribution in [2.24, 2.45) is 5.73 Å². The number of hydrogen-bond acceptors (Lipinski definition) is 2. The summed E-state index contributed by atoms with van der Waals surface area (Å²) in [5.41, 5.74) is 8.09. The first-order valence-corrected chi connectivity index (χ1v) is 4.88. The quantitative estimate of drug-likeness (QED) is 0.770. The van der Waals surface area contributed by atoms with Crippen LogP contribution in [0.3, 0.4) is 0 Å². The Balaban J connectivity index is 2.77. The normalized spacial score (nSPS) is 9.67. The molecule has 0 aliphatic carbocycles. The van der Waals surface area contributed by atoms with Crippen molar-refractivity contribution >= 4 is 17.2 Å². The third kappa shape index (κ3) is 3.13. The maximum Gasteiger partial charge on any atom is 0.217 e. The molecule has 0 aliphatic heterocycles. The van der Waals surface area contributed by atoms with Gasteiger partial charge in [-0.2, -0.15) is 0 Å². The Morgan fingerprint density at radius 2 is 2.07 bits per heavy atom. The molecule has 3 heteroatoms. The molecule has 0 bridgehead atoms. The fourth-order valence-electron chi connectivity index (χ4n) is 1.42. The molecule has 15 heavy (non-hydrogen) atoms. The molecule has 3 nitrogen and oxygen atoms in total. The van der Waals surface area contributed by atoms with E-state index in [0.717, 1.165) is 16.8 Å². The van der Waals surface area contributed by atoms with E-state index in [0.29, 0.717) is 12.8 Å². The number of amides is 1. The Morgan fingerprint density at radius 3 is 2.67 bits per heavy atom. The highest BCUT2D eigenvalue weighted by molar-refractivity contribution is 5.79. The van der Waals surface area contributed by atoms with E-state index in [4.69, 9.17) is 5.73 Å². The van der Waals surface area contributed by atoms with Crippen molar-refractivity contribution in [3.05, 3.63) is 36.4 Å². The van der Waals surface area contributed by atoms with Crippen LogP contribution in [-0.4, -0.2) is 13.0 Å². The summed E-state index contributed by atoms with van der Waals surface area (Å²) in [6, 6.07) is 7.86. The van der Waals surface area contributed by atoms with Crippen LogP contribution in [0.15, 0.2) is 30.8 Å². The maximum atomic E-state index is 10.7. The summed E-state index contributed by atoms with van der Waals surface area (Å²) >= 11 is 0. The Kier molecular flexibility index (Phi) is 3.92. The molecule has 3 N–H and O–H groups in total. The number of carbonyl (C=O) groups excluding carboxylic acids is 1. The van der Waals surface area contributed by atoms with Crippen molar-refractivity contribution in [1.82, 2.24) is 0 Å². The summed E-state index contributed by atoms with van der Waals surface area (Å²) in [4.78, 5) is 10.7. The van der Waals surface area contributed by atoms with Crippen molar-refractivity contribution in [2.75, 3.05) is 12.4 Å². The minimum Gasteiger partial charge on any atom is -0.388 e. The first-order chi connectivity index (χ1) is 7.15. The van der Waals surface area contributed by atoms with E-state index in [1.165, 1.54) is 0 Å². The molecule has 0 radical (unpaired) electrons. The van der Waals surface area contributed by atoms with Crippen LogP contribution in [0.2, 0.25) is 0 Å². The number of nitrogens with two attached hydrogens (primary N) is 1. The number of para-hydroxylation sites is 1. The fraction of sp³-hybridized carbons (Fsp3) is 0.250. The van der Waals surface area contributed by atoms with Crippen LogP contribution in [-0.2, 0) is 4.79 Å². The third-order valence-electron chi connectivity index (χ3n) is 2.25. The molecule has 1 rings (SSSR count). The van der Waals surface area contributed by atoms with Crippen molar-refractivity contribution in [2.45, 2.75) is 12.8 Å². The lowest BCUT2D eigenvalue weighted by Gasteiger charge is -2.10. The molecular weight excluding hydrogens is 188 g/mol. The van der Waals surface area contributed by atoms with E-state index in [-0.39, 0.29) is 5.91 Å².